The molecule has 6 heteroatoms. The maximum atomic E-state index is 12.5. The van der Waals surface area contributed by atoms with E-state index in [0.717, 1.165) is 3.57 Å². The lowest BCUT2D eigenvalue weighted by Crippen LogP contribution is -1.98. The average molecular weight is 347 g/mol. The van der Waals surface area contributed by atoms with Crippen molar-refractivity contribution >= 4 is 28.4 Å². The molecule has 0 fully saturated rings. The molecule has 1 heterocycles. The van der Waals surface area contributed by atoms with Crippen LogP contribution in [0.5, 0.6) is 0 Å². The van der Waals surface area contributed by atoms with Crippen LogP contribution in [0.15, 0.2) is 30.5 Å². The molecule has 0 aliphatic rings. The Kier molecular flexibility index (Phi) is 3.51. The predicted molar refractivity (Wildman–Crippen MR) is 69.6 cm³/mol. The number of halogens is 3. The van der Waals surface area contributed by atoms with Crippen LogP contribution in [0.4, 0.5) is 14.6 Å². The summed E-state index contributed by atoms with van der Waals surface area (Å²) >= 11 is 2.01. The van der Waals surface area contributed by atoms with Crippen molar-refractivity contribution in [2.24, 2.45) is 0 Å². The summed E-state index contributed by atoms with van der Waals surface area (Å²) in [6, 6.07) is 5.96. The Labute approximate surface area is 110 Å². The molecule has 0 spiro atoms. The Bertz CT molecular complexity index is 546. The van der Waals surface area contributed by atoms with E-state index in [-0.39, 0.29) is 5.56 Å². The number of nitrogens with two attached hydrogens (primary N) is 1. The van der Waals surface area contributed by atoms with Crippen molar-refractivity contribution in [2.75, 3.05) is 5.73 Å². The van der Waals surface area contributed by atoms with E-state index in [1.165, 1.54) is 12.1 Å². The molecule has 3 nitrogen and oxygen atoms in total. The van der Waals surface area contributed by atoms with Crippen LogP contribution < -0.4 is 5.73 Å². The van der Waals surface area contributed by atoms with Crippen LogP contribution in [-0.2, 0) is 0 Å². The van der Waals surface area contributed by atoms with Gasteiger partial charge in [-0.2, -0.15) is 0 Å². The molecule has 88 valence electrons. The fourth-order valence-electron chi connectivity index (χ4n) is 1.33. The number of aromatic nitrogens is 2. The third-order valence-electron chi connectivity index (χ3n) is 2.17. The van der Waals surface area contributed by atoms with E-state index >= 15 is 0 Å². The monoisotopic (exact) mass is 347 g/mol. The highest BCUT2D eigenvalue weighted by molar-refractivity contribution is 14.1. The molecule has 2 rings (SSSR count). The van der Waals surface area contributed by atoms with Gasteiger partial charge in [-0.1, -0.05) is 18.2 Å². The van der Waals surface area contributed by atoms with Crippen LogP contribution in [0.2, 0.25) is 0 Å². The fourth-order valence-corrected chi connectivity index (χ4v) is 1.59. The van der Waals surface area contributed by atoms with Crippen molar-refractivity contribution in [2.45, 2.75) is 6.43 Å². The van der Waals surface area contributed by atoms with Gasteiger partial charge in [0.05, 0.1) is 3.57 Å². The van der Waals surface area contributed by atoms with E-state index in [9.17, 15) is 8.78 Å². The normalized spacial score (nSPS) is 10.8. The van der Waals surface area contributed by atoms with Crippen LogP contribution in [0.25, 0.3) is 11.4 Å². The van der Waals surface area contributed by atoms with Gasteiger partial charge in [0.25, 0.3) is 6.43 Å². The van der Waals surface area contributed by atoms with E-state index < -0.39 is 6.43 Å². The quantitative estimate of drug-likeness (QED) is 0.849. The van der Waals surface area contributed by atoms with Crippen LogP contribution in [0, 0.1) is 3.57 Å². The van der Waals surface area contributed by atoms with Gasteiger partial charge in [-0.05, 0) is 28.7 Å². The van der Waals surface area contributed by atoms with Crippen LogP contribution in [0.3, 0.4) is 0 Å². The first-order valence-electron chi connectivity index (χ1n) is 4.74. The largest absolute Gasteiger partial charge is 0.383 e. The fraction of sp³-hybridized carbons (Fsp3) is 0.0909. The zero-order valence-corrected chi connectivity index (χ0v) is 10.7. The molecule has 1 aromatic heterocycles. The van der Waals surface area contributed by atoms with Gasteiger partial charge in [0.1, 0.15) is 5.82 Å². The SMILES string of the molecule is Nc1nc(-c2cccc(C(F)F)c2)ncc1I. The minimum atomic E-state index is -2.50. The Morgan fingerprint density at radius 2 is 2.06 bits per heavy atom. The van der Waals surface area contributed by atoms with Crippen LogP contribution in [0.1, 0.15) is 12.0 Å². The summed E-state index contributed by atoms with van der Waals surface area (Å²) < 4.78 is 25.8. The number of nitrogen functional groups attached to an aromatic ring is 1. The minimum absolute atomic E-state index is 0.0526. The van der Waals surface area contributed by atoms with E-state index in [2.05, 4.69) is 9.97 Å². The van der Waals surface area contributed by atoms with Crippen LogP contribution in [-0.4, -0.2) is 9.97 Å². The van der Waals surface area contributed by atoms with Gasteiger partial charge in [0.2, 0.25) is 0 Å². The summed E-state index contributed by atoms with van der Waals surface area (Å²) in [5.41, 5.74) is 6.13. The van der Waals surface area contributed by atoms with Crippen molar-refractivity contribution in [3.8, 4) is 11.4 Å². The molecule has 17 heavy (non-hydrogen) atoms. The first-order chi connectivity index (χ1) is 8.08. The molecule has 0 unspecified atom stereocenters. The highest BCUT2D eigenvalue weighted by Gasteiger charge is 2.10. The van der Waals surface area contributed by atoms with Gasteiger partial charge >= 0.3 is 0 Å². The molecule has 2 aromatic rings. The van der Waals surface area contributed by atoms with Crippen molar-refractivity contribution in [1.29, 1.82) is 0 Å². The molecule has 0 bridgehead atoms. The Morgan fingerprint density at radius 1 is 1.29 bits per heavy atom. The summed E-state index contributed by atoms with van der Waals surface area (Å²) in [4.78, 5) is 8.12. The molecule has 0 radical (unpaired) electrons. The van der Waals surface area contributed by atoms with Gasteiger partial charge in [0.15, 0.2) is 5.82 Å². The van der Waals surface area contributed by atoms with Gasteiger partial charge in [0, 0.05) is 17.3 Å². The Morgan fingerprint density at radius 3 is 2.71 bits per heavy atom. The summed E-state index contributed by atoms with van der Waals surface area (Å²) in [5, 5.41) is 0. The smallest absolute Gasteiger partial charge is 0.263 e. The number of anilines is 1. The third kappa shape index (κ3) is 2.68. The maximum Gasteiger partial charge on any atom is 0.263 e. The molecular weight excluding hydrogens is 339 g/mol. The van der Waals surface area contributed by atoms with E-state index in [4.69, 9.17) is 5.73 Å². The number of hydrogen-bond donors (Lipinski definition) is 1. The Balaban J connectivity index is 2.45. The highest BCUT2D eigenvalue weighted by atomic mass is 127. The molecule has 0 aliphatic heterocycles. The van der Waals surface area contributed by atoms with Crippen LogP contribution >= 0.6 is 22.6 Å². The van der Waals surface area contributed by atoms with Crippen molar-refractivity contribution in [3.63, 3.8) is 0 Å². The van der Waals surface area contributed by atoms with Crippen molar-refractivity contribution in [3.05, 3.63) is 39.6 Å². The number of hydrogen-bond acceptors (Lipinski definition) is 3. The summed E-state index contributed by atoms with van der Waals surface area (Å²) in [6.45, 7) is 0. The number of benzene rings is 1. The van der Waals surface area contributed by atoms with E-state index in [0.29, 0.717) is 17.2 Å². The van der Waals surface area contributed by atoms with Gasteiger partial charge in [-0.15, -0.1) is 0 Å². The second-order valence-electron chi connectivity index (χ2n) is 3.35. The van der Waals surface area contributed by atoms with Gasteiger partial charge < -0.3 is 5.73 Å². The van der Waals surface area contributed by atoms with Gasteiger partial charge in [-0.3, -0.25) is 0 Å². The maximum absolute atomic E-state index is 12.5. The first-order valence-corrected chi connectivity index (χ1v) is 5.82. The topological polar surface area (TPSA) is 51.8 Å². The minimum Gasteiger partial charge on any atom is -0.383 e. The number of rotatable bonds is 2. The van der Waals surface area contributed by atoms with E-state index in [1.807, 2.05) is 22.6 Å². The summed E-state index contributed by atoms with van der Waals surface area (Å²) in [6.07, 6.45) is -0.941. The molecule has 0 aliphatic carbocycles. The van der Waals surface area contributed by atoms with Crippen molar-refractivity contribution in [1.82, 2.24) is 9.97 Å². The highest BCUT2D eigenvalue weighted by Crippen LogP contribution is 2.24. The van der Waals surface area contributed by atoms with Crippen molar-refractivity contribution < 1.29 is 8.78 Å². The average Bonchev–Trinajstić information content (AvgIpc) is 2.33. The number of nitrogens with zero attached hydrogens (tertiary/aromatic N) is 2. The molecule has 0 amide bonds. The zero-order valence-electron chi connectivity index (χ0n) is 8.57. The standard InChI is InChI=1S/C11H8F2IN3/c12-9(13)6-2-1-3-7(4-6)11-16-5-8(14)10(15)17-11/h1-5,9H,(H2,15,16,17). The molecule has 0 saturated heterocycles. The number of alkyl halides is 2. The van der Waals surface area contributed by atoms with E-state index in [1.54, 1.807) is 18.3 Å². The molecular formula is C11H8F2IN3. The summed E-state index contributed by atoms with van der Waals surface area (Å²) in [7, 11) is 0. The Hall–Kier alpha value is -1.31. The van der Waals surface area contributed by atoms with Gasteiger partial charge in [-0.25, -0.2) is 18.7 Å². The molecule has 2 N–H and O–H groups in total. The first kappa shape index (κ1) is 12.2. The summed E-state index contributed by atoms with van der Waals surface area (Å²) in [5.74, 6) is 0.698. The predicted octanol–water partition coefficient (Wildman–Crippen LogP) is 3.27. The second-order valence-corrected chi connectivity index (χ2v) is 4.52. The third-order valence-corrected chi connectivity index (χ3v) is 3.00. The molecule has 1 aromatic carbocycles. The lowest BCUT2D eigenvalue weighted by molar-refractivity contribution is 0.151. The molecule has 0 saturated carbocycles. The molecule has 0 atom stereocenters. The second kappa shape index (κ2) is 4.91. The zero-order chi connectivity index (χ0) is 12.4. The lowest BCUT2D eigenvalue weighted by Gasteiger charge is -2.05. The lowest BCUT2D eigenvalue weighted by atomic mass is 10.1.